The van der Waals surface area contributed by atoms with E-state index in [9.17, 15) is 24.9 Å². The Balaban J connectivity index is 2.43. The van der Waals surface area contributed by atoms with E-state index in [1.165, 1.54) is 11.3 Å². The SMILES string of the molecule is C/C(=C\c1csc(C)n1)C1C[C@H](N=[N+]=[N-])[C@@H](O)CCCC(C)[C@H](O)[C@@H](C)C(=O)C(C)(C)[C@@H](O)CC(=O)O1. The minimum absolute atomic E-state index is 0.0377. The van der Waals surface area contributed by atoms with Crippen LogP contribution in [0.3, 0.4) is 0 Å². The molecule has 0 radical (unpaired) electrons. The van der Waals surface area contributed by atoms with Gasteiger partial charge in [0.25, 0.3) is 0 Å². The van der Waals surface area contributed by atoms with Crippen LogP contribution in [0.25, 0.3) is 16.5 Å². The van der Waals surface area contributed by atoms with Crippen molar-refractivity contribution in [3.05, 3.63) is 32.1 Å². The fraction of sp³-hybridized carbons (Fsp3) is 0.731. The number of aryl methyl sites for hydroxylation is 1. The minimum atomic E-state index is -1.34. The Morgan fingerprint density at radius 2 is 1.95 bits per heavy atom. The molecule has 2 unspecified atom stereocenters. The van der Waals surface area contributed by atoms with E-state index in [4.69, 9.17) is 10.3 Å². The molecule has 1 aliphatic rings. The average Bonchev–Trinajstić information content (AvgIpc) is 3.24. The molecule has 1 aliphatic heterocycles. The highest BCUT2D eigenvalue weighted by atomic mass is 32.1. The summed E-state index contributed by atoms with van der Waals surface area (Å²) in [6.07, 6.45) is -1.38. The summed E-state index contributed by atoms with van der Waals surface area (Å²) in [6, 6.07) is -0.863. The molecule has 2 heterocycles. The molecule has 3 N–H and O–H groups in total. The van der Waals surface area contributed by atoms with Crippen LogP contribution in [0.5, 0.6) is 0 Å². The van der Waals surface area contributed by atoms with Crippen LogP contribution in [-0.2, 0) is 14.3 Å². The van der Waals surface area contributed by atoms with Crippen molar-refractivity contribution in [2.24, 2.45) is 22.4 Å². The van der Waals surface area contributed by atoms with Crippen molar-refractivity contribution in [2.45, 2.75) is 104 Å². The van der Waals surface area contributed by atoms with Gasteiger partial charge >= 0.3 is 5.97 Å². The van der Waals surface area contributed by atoms with Crippen LogP contribution in [0, 0.1) is 24.2 Å². The lowest BCUT2D eigenvalue weighted by atomic mass is 9.73. The largest absolute Gasteiger partial charge is 0.458 e. The van der Waals surface area contributed by atoms with Crippen molar-refractivity contribution in [2.75, 3.05) is 0 Å². The molecule has 37 heavy (non-hydrogen) atoms. The van der Waals surface area contributed by atoms with Gasteiger partial charge in [0.1, 0.15) is 11.9 Å². The Morgan fingerprint density at radius 1 is 1.27 bits per heavy atom. The zero-order valence-corrected chi connectivity index (χ0v) is 23.3. The second-order valence-corrected chi connectivity index (χ2v) is 11.8. The molecule has 1 fully saturated rings. The van der Waals surface area contributed by atoms with Crippen molar-refractivity contribution < 1.29 is 29.6 Å². The summed E-state index contributed by atoms with van der Waals surface area (Å²) < 4.78 is 5.73. The summed E-state index contributed by atoms with van der Waals surface area (Å²) in [5.74, 6) is -2.07. The predicted molar refractivity (Wildman–Crippen MR) is 142 cm³/mol. The van der Waals surface area contributed by atoms with Crippen LogP contribution in [0.1, 0.15) is 77.4 Å². The molecule has 11 heteroatoms. The van der Waals surface area contributed by atoms with E-state index in [0.717, 1.165) is 5.01 Å². The van der Waals surface area contributed by atoms with Crippen LogP contribution in [0.4, 0.5) is 0 Å². The number of ketones is 1. The van der Waals surface area contributed by atoms with Gasteiger partial charge in [-0.05, 0) is 56.2 Å². The molecule has 1 aromatic heterocycles. The highest BCUT2D eigenvalue weighted by molar-refractivity contribution is 7.09. The molecule has 0 aromatic carbocycles. The van der Waals surface area contributed by atoms with Crippen molar-refractivity contribution in [3.8, 4) is 0 Å². The summed E-state index contributed by atoms with van der Waals surface area (Å²) in [7, 11) is 0. The van der Waals surface area contributed by atoms with Gasteiger partial charge < -0.3 is 20.1 Å². The van der Waals surface area contributed by atoms with E-state index in [1.807, 2.05) is 19.2 Å². The maximum absolute atomic E-state index is 13.2. The van der Waals surface area contributed by atoms with E-state index < -0.39 is 54.2 Å². The van der Waals surface area contributed by atoms with Gasteiger partial charge in [-0.3, -0.25) is 9.59 Å². The molecule has 1 saturated heterocycles. The van der Waals surface area contributed by atoms with Gasteiger partial charge in [0.05, 0.1) is 46.9 Å². The number of azide groups is 1. The molecule has 0 aliphatic carbocycles. The van der Waals surface area contributed by atoms with Crippen LogP contribution in [0.2, 0.25) is 0 Å². The number of hydrogen-bond acceptors (Lipinski definition) is 9. The van der Waals surface area contributed by atoms with Gasteiger partial charge in [0.2, 0.25) is 0 Å². The third-order valence-electron chi connectivity index (χ3n) is 7.39. The van der Waals surface area contributed by atoms with Gasteiger partial charge in [-0.15, -0.1) is 11.3 Å². The molecule has 0 spiro atoms. The Morgan fingerprint density at radius 3 is 2.54 bits per heavy atom. The Bertz CT molecular complexity index is 1020. The standard InChI is InChI=1S/C26H40N4O6S/c1-14-8-7-9-20(31)19(29-30-27)11-21(15(2)10-18-13-37-17(4)28-18)36-23(33)12-22(32)26(5,6)25(35)16(3)24(14)34/h10,13-14,16,19-22,24,31-32,34H,7-9,11-12H2,1-6H3/b15-10+/t14?,16-,19+,20+,21?,22+,24+/m1/s1. The summed E-state index contributed by atoms with van der Waals surface area (Å²) in [5.41, 5.74) is 9.17. The van der Waals surface area contributed by atoms with E-state index in [1.54, 1.807) is 33.8 Å². The first-order valence-corrected chi connectivity index (χ1v) is 13.6. The van der Waals surface area contributed by atoms with Gasteiger partial charge in [0, 0.05) is 16.2 Å². The first kappa shape index (κ1) is 30.9. The molecule has 0 saturated carbocycles. The highest BCUT2D eigenvalue weighted by Crippen LogP contribution is 2.33. The summed E-state index contributed by atoms with van der Waals surface area (Å²) in [4.78, 5) is 33.5. The zero-order valence-electron chi connectivity index (χ0n) is 22.5. The zero-order chi connectivity index (χ0) is 27.9. The second-order valence-electron chi connectivity index (χ2n) is 10.7. The number of aliphatic hydroxyl groups is 3. The van der Waals surface area contributed by atoms with Crippen LogP contribution in [-0.4, -0.2) is 62.5 Å². The van der Waals surface area contributed by atoms with E-state index >= 15 is 0 Å². The summed E-state index contributed by atoms with van der Waals surface area (Å²) >= 11 is 1.48. The number of esters is 1. The lowest BCUT2D eigenvalue weighted by molar-refractivity contribution is -0.154. The molecule has 0 amide bonds. The summed E-state index contributed by atoms with van der Waals surface area (Å²) in [6.45, 7) is 10.2. The number of Topliss-reactive ketones (excluding diaryl/α,β-unsaturated/α-hetero) is 1. The molecular weight excluding hydrogens is 496 g/mol. The topological polar surface area (TPSA) is 166 Å². The fourth-order valence-corrected chi connectivity index (χ4v) is 5.27. The highest BCUT2D eigenvalue weighted by Gasteiger charge is 2.42. The van der Waals surface area contributed by atoms with Gasteiger partial charge in [-0.2, -0.15) is 0 Å². The summed E-state index contributed by atoms with van der Waals surface area (Å²) in [5, 5.41) is 39.0. The van der Waals surface area contributed by atoms with Crippen LogP contribution >= 0.6 is 11.3 Å². The number of nitrogens with zero attached hydrogens (tertiary/aromatic N) is 4. The Hall–Kier alpha value is -2.30. The van der Waals surface area contributed by atoms with Gasteiger partial charge in [-0.25, -0.2) is 4.98 Å². The number of cyclic esters (lactones) is 1. The number of ether oxygens (including phenoxy) is 1. The number of thiazole rings is 1. The number of carbonyl (C=O) groups excluding carboxylic acids is 2. The number of aromatic nitrogens is 1. The molecule has 2 rings (SSSR count). The third-order valence-corrected chi connectivity index (χ3v) is 8.18. The minimum Gasteiger partial charge on any atom is -0.458 e. The van der Waals surface area contributed by atoms with Gasteiger partial charge in [0.15, 0.2) is 0 Å². The van der Waals surface area contributed by atoms with Crippen molar-refractivity contribution in [1.29, 1.82) is 0 Å². The van der Waals surface area contributed by atoms with Crippen molar-refractivity contribution in [3.63, 3.8) is 0 Å². The smallest absolute Gasteiger partial charge is 0.309 e. The Kier molecular flexibility index (Phi) is 11.3. The fourth-order valence-electron chi connectivity index (χ4n) is 4.70. The molecule has 206 valence electrons. The van der Waals surface area contributed by atoms with Gasteiger partial charge in [-0.1, -0.05) is 39.2 Å². The average molecular weight is 537 g/mol. The monoisotopic (exact) mass is 536 g/mol. The molecular formula is C26H40N4O6S. The Labute approximate surface area is 222 Å². The number of hydrogen-bond donors (Lipinski definition) is 3. The molecule has 0 bridgehead atoms. The van der Waals surface area contributed by atoms with Crippen molar-refractivity contribution >= 4 is 29.2 Å². The van der Waals surface area contributed by atoms with Crippen molar-refractivity contribution in [1.82, 2.24) is 4.98 Å². The van der Waals surface area contributed by atoms with Crippen LogP contribution in [0.15, 0.2) is 16.1 Å². The first-order valence-electron chi connectivity index (χ1n) is 12.7. The quantitative estimate of drug-likeness (QED) is 0.223. The lowest BCUT2D eigenvalue weighted by Crippen LogP contribution is -2.46. The van der Waals surface area contributed by atoms with E-state index in [2.05, 4.69) is 15.0 Å². The molecule has 10 nitrogen and oxygen atoms in total. The van der Waals surface area contributed by atoms with E-state index in [0.29, 0.717) is 30.5 Å². The normalized spacial score (nSPS) is 32.9. The number of carbonyl (C=O) groups is 2. The molecule has 7 atom stereocenters. The second kappa shape index (κ2) is 13.5. The lowest BCUT2D eigenvalue weighted by Gasteiger charge is -2.35. The maximum Gasteiger partial charge on any atom is 0.309 e. The number of aliphatic hydroxyl groups excluding tert-OH is 3. The third kappa shape index (κ3) is 8.35. The van der Waals surface area contributed by atoms with E-state index in [-0.39, 0.29) is 18.1 Å². The predicted octanol–water partition coefficient (Wildman–Crippen LogP) is 4.36. The number of rotatable bonds is 3. The molecule has 1 aromatic rings. The first-order chi connectivity index (χ1) is 17.3. The van der Waals surface area contributed by atoms with Crippen LogP contribution < -0.4 is 0 Å². The maximum atomic E-state index is 13.2.